The van der Waals surface area contributed by atoms with Crippen LogP contribution in [0.3, 0.4) is 0 Å². The number of rotatable bonds is 7. The molecule has 0 spiro atoms. The molecule has 0 N–H and O–H groups in total. The number of ether oxygens (including phenoxy) is 2. The normalized spacial score (nSPS) is 11.5. The second-order valence-electron chi connectivity index (χ2n) is 5.02. The van der Waals surface area contributed by atoms with Gasteiger partial charge in [-0.25, -0.2) is 8.42 Å². The van der Waals surface area contributed by atoms with Crippen LogP contribution in [0.1, 0.15) is 12.5 Å². The smallest absolute Gasteiger partial charge is 0.243 e. The lowest BCUT2D eigenvalue weighted by molar-refractivity contribution is 0.339. The van der Waals surface area contributed by atoms with Gasteiger partial charge in [0.15, 0.2) is 0 Å². The van der Waals surface area contributed by atoms with E-state index in [1.165, 1.54) is 4.31 Å². The first-order chi connectivity index (χ1) is 11.0. The van der Waals surface area contributed by atoms with Crippen molar-refractivity contribution in [3.05, 3.63) is 54.1 Å². The molecule has 6 heteroatoms. The van der Waals surface area contributed by atoms with Gasteiger partial charge in [0.2, 0.25) is 10.0 Å². The summed E-state index contributed by atoms with van der Waals surface area (Å²) in [6.07, 6.45) is 0. The molecule has 0 heterocycles. The highest BCUT2D eigenvalue weighted by molar-refractivity contribution is 7.89. The fourth-order valence-electron chi connectivity index (χ4n) is 2.17. The zero-order valence-electron chi connectivity index (χ0n) is 13.5. The summed E-state index contributed by atoms with van der Waals surface area (Å²) in [5, 5.41) is 0. The average Bonchev–Trinajstić information content (AvgIpc) is 2.55. The van der Waals surface area contributed by atoms with E-state index in [1.54, 1.807) is 38.4 Å². The molecule has 124 valence electrons. The van der Waals surface area contributed by atoms with Crippen molar-refractivity contribution in [2.45, 2.75) is 18.4 Å². The van der Waals surface area contributed by atoms with Crippen LogP contribution in [0.5, 0.6) is 11.5 Å². The molecule has 2 rings (SSSR count). The lowest BCUT2D eigenvalue weighted by Gasteiger charge is -2.18. The molecule has 0 bridgehead atoms. The van der Waals surface area contributed by atoms with Gasteiger partial charge in [-0.15, -0.1) is 0 Å². The number of nitrogens with zero attached hydrogens (tertiary/aromatic N) is 1. The second-order valence-corrected chi connectivity index (χ2v) is 7.06. The maximum Gasteiger partial charge on any atom is 0.243 e. The summed E-state index contributed by atoms with van der Waals surface area (Å²) in [5.74, 6) is 1.36. The van der Waals surface area contributed by atoms with Gasteiger partial charge in [0.1, 0.15) is 11.5 Å². The SMILES string of the molecule is CCOc1cccc(CN(C)S(=O)(=O)c2ccc(OC)cc2)c1. The molecule has 0 saturated carbocycles. The Hall–Kier alpha value is -2.05. The first-order valence-corrected chi connectivity index (χ1v) is 8.73. The van der Waals surface area contributed by atoms with Crippen LogP contribution in [-0.2, 0) is 16.6 Å². The van der Waals surface area contributed by atoms with Gasteiger partial charge in [-0.05, 0) is 48.9 Å². The molecular weight excluding hydrogens is 314 g/mol. The summed E-state index contributed by atoms with van der Waals surface area (Å²) >= 11 is 0. The summed E-state index contributed by atoms with van der Waals surface area (Å²) in [6, 6.07) is 13.8. The molecule has 0 amide bonds. The van der Waals surface area contributed by atoms with Gasteiger partial charge in [0.05, 0.1) is 18.6 Å². The van der Waals surface area contributed by atoms with Crippen molar-refractivity contribution in [3.63, 3.8) is 0 Å². The molecule has 0 unspecified atom stereocenters. The molecule has 0 aliphatic heterocycles. The molecule has 2 aromatic carbocycles. The summed E-state index contributed by atoms with van der Waals surface area (Å²) < 4.78 is 37.0. The van der Waals surface area contributed by atoms with Gasteiger partial charge >= 0.3 is 0 Å². The van der Waals surface area contributed by atoms with Crippen molar-refractivity contribution >= 4 is 10.0 Å². The molecule has 0 fully saturated rings. The summed E-state index contributed by atoms with van der Waals surface area (Å²) in [5.41, 5.74) is 0.871. The van der Waals surface area contributed by atoms with Gasteiger partial charge in [-0.2, -0.15) is 4.31 Å². The molecular formula is C17H21NO4S. The van der Waals surface area contributed by atoms with Crippen molar-refractivity contribution in [2.24, 2.45) is 0 Å². The maximum absolute atomic E-state index is 12.6. The molecule has 23 heavy (non-hydrogen) atoms. The number of sulfonamides is 1. The predicted molar refractivity (Wildman–Crippen MR) is 89.3 cm³/mol. The van der Waals surface area contributed by atoms with E-state index in [-0.39, 0.29) is 11.4 Å². The highest BCUT2D eigenvalue weighted by atomic mass is 32.2. The minimum Gasteiger partial charge on any atom is -0.497 e. The fourth-order valence-corrected chi connectivity index (χ4v) is 3.33. The largest absolute Gasteiger partial charge is 0.497 e. The zero-order valence-corrected chi connectivity index (χ0v) is 14.3. The molecule has 0 saturated heterocycles. The quantitative estimate of drug-likeness (QED) is 0.781. The monoisotopic (exact) mass is 335 g/mol. The fraction of sp³-hybridized carbons (Fsp3) is 0.294. The molecule has 2 aromatic rings. The van der Waals surface area contributed by atoms with Crippen molar-refractivity contribution < 1.29 is 17.9 Å². The molecule has 0 aromatic heterocycles. The van der Waals surface area contributed by atoms with Crippen LogP contribution in [-0.4, -0.2) is 33.5 Å². The van der Waals surface area contributed by atoms with Crippen LogP contribution in [0.2, 0.25) is 0 Å². The third kappa shape index (κ3) is 4.24. The Morgan fingerprint density at radius 3 is 2.35 bits per heavy atom. The Morgan fingerprint density at radius 1 is 1.04 bits per heavy atom. The Kier molecular flexibility index (Phi) is 5.63. The third-order valence-corrected chi connectivity index (χ3v) is 5.20. The minimum absolute atomic E-state index is 0.238. The summed E-state index contributed by atoms with van der Waals surface area (Å²) in [7, 11) is -0.445. The van der Waals surface area contributed by atoms with Crippen molar-refractivity contribution in [2.75, 3.05) is 20.8 Å². The zero-order chi connectivity index (χ0) is 16.9. The van der Waals surface area contributed by atoms with Crippen LogP contribution < -0.4 is 9.47 Å². The van der Waals surface area contributed by atoms with Crippen molar-refractivity contribution in [1.82, 2.24) is 4.31 Å². The lowest BCUT2D eigenvalue weighted by atomic mass is 10.2. The molecule has 0 radical (unpaired) electrons. The average molecular weight is 335 g/mol. The van der Waals surface area contributed by atoms with E-state index < -0.39 is 10.0 Å². The van der Waals surface area contributed by atoms with Crippen molar-refractivity contribution in [3.8, 4) is 11.5 Å². The van der Waals surface area contributed by atoms with E-state index in [2.05, 4.69) is 0 Å². The Bertz CT molecular complexity index is 741. The van der Waals surface area contributed by atoms with E-state index >= 15 is 0 Å². The van der Waals surface area contributed by atoms with Gasteiger partial charge < -0.3 is 9.47 Å². The first kappa shape index (κ1) is 17.3. The Balaban J connectivity index is 2.17. The highest BCUT2D eigenvalue weighted by Gasteiger charge is 2.21. The van der Waals surface area contributed by atoms with Gasteiger partial charge in [0, 0.05) is 13.6 Å². The first-order valence-electron chi connectivity index (χ1n) is 7.29. The van der Waals surface area contributed by atoms with Crippen LogP contribution in [0.4, 0.5) is 0 Å². The topological polar surface area (TPSA) is 55.8 Å². The molecule has 0 atom stereocenters. The van der Waals surface area contributed by atoms with E-state index in [9.17, 15) is 8.42 Å². The van der Waals surface area contributed by atoms with Crippen LogP contribution in [0, 0.1) is 0 Å². The minimum atomic E-state index is -3.55. The van der Waals surface area contributed by atoms with Gasteiger partial charge in [-0.1, -0.05) is 12.1 Å². The van der Waals surface area contributed by atoms with Crippen LogP contribution in [0.15, 0.2) is 53.4 Å². The van der Waals surface area contributed by atoms with Gasteiger partial charge in [-0.3, -0.25) is 0 Å². The Morgan fingerprint density at radius 2 is 1.74 bits per heavy atom. The van der Waals surface area contributed by atoms with E-state index in [1.807, 2.05) is 31.2 Å². The molecule has 0 aliphatic carbocycles. The molecule has 0 aliphatic rings. The predicted octanol–water partition coefficient (Wildman–Crippen LogP) is 2.91. The van der Waals surface area contributed by atoms with Crippen molar-refractivity contribution in [1.29, 1.82) is 0 Å². The standard InChI is InChI=1S/C17H21NO4S/c1-4-22-16-7-5-6-14(12-16)13-18(2)23(19,20)17-10-8-15(21-3)9-11-17/h5-12H,4,13H2,1-3H3. The summed E-state index contributed by atoms with van der Waals surface area (Å²) in [4.78, 5) is 0.238. The van der Waals surface area contributed by atoms with E-state index in [0.29, 0.717) is 12.4 Å². The summed E-state index contributed by atoms with van der Waals surface area (Å²) in [6.45, 7) is 2.76. The van der Waals surface area contributed by atoms with Gasteiger partial charge in [0.25, 0.3) is 0 Å². The number of hydrogen-bond acceptors (Lipinski definition) is 4. The maximum atomic E-state index is 12.6. The molecule has 5 nitrogen and oxygen atoms in total. The number of benzene rings is 2. The van der Waals surface area contributed by atoms with E-state index in [0.717, 1.165) is 11.3 Å². The van der Waals surface area contributed by atoms with Crippen LogP contribution in [0.25, 0.3) is 0 Å². The third-order valence-electron chi connectivity index (χ3n) is 3.38. The second kappa shape index (κ2) is 7.48. The van der Waals surface area contributed by atoms with Crippen LogP contribution >= 0.6 is 0 Å². The van der Waals surface area contributed by atoms with E-state index in [4.69, 9.17) is 9.47 Å². The number of hydrogen-bond donors (Lipinski definition) is 0. The highest BCUT2D eigenvalue weighted by Crippen LogP contribution is 2.21. The number of methoxy groups -OCH3 is 1. The lowest BCUT2D eigenvalue weighted by Crippen LogP contribution is -2.26. The Labute approximate surface area is 137 Å².